The number of primary amides is 1. The van der Waals surface area contributed by atoms with E-state index in [9.17, 15) is 19.7 Å². The largest absolute Gasteiger partial charge is 0.463 e. The van der Waals surface area contributed by atoms with E-state index in [2.05, 4.69) is 5.32 Å². The van der Waals surface area contributed by atoms with Gasteiger partial charge < -0.3 is 21.5 Å². The van der Waals surface area contributed by atoms with Crippen LogP contribution in [-0.2, 0) is 14.3 Å². The van der Waals surface area contributed by atoms with Crippen molar-refractivity contribution in [2.75, 3.05) is 6.61 Å². The smallest absolute Gasteiger partial charge is 0.336 e. The average Bonchev–Trinajstić information content (AvgIpc) is 2.53. The zero-order chi connectivity index (χ0) is 18.7. The molecule has 9 heteroatoms. The molecule has 2 rings (SSSR count). The molecule has 1 aromatic rings. The van der Waals surface area contributed by atoms with Gasteiger partial charge in [0.15, 0.2) is 0 Å². The van der Waals surface area contributed by atoms with Crippen LogP contribution in [0.1, 0.15) is 25.3 Å². The van der Waals surface area contributed by atoms with E-state index in [0.717, 1.165) is 0 Å². The van der Waals surface area contributed by atoms with Gasteiger partial charge in [0.25, 0.3) is 5.69 Å². The van der Waals surface area contributed by atoms with Gasteiger partial charge in [0.2, 0.25) is 5.91 Å². The highest BCUT2D eigenvalue weighted by molar-refractivity contribution is 6.01. The predicted molar refractivity (Wildman–Crippen MR) is 88.7 cm³/mol. The minimum absolute atomic E-state index is 0.00504. The van der Waals surface area contributed by atoms with Crippen molar-refractivity contribution in [2.24, 2.45) is 11.5 Å². The van der Waals surface area contributed by atoms with E-state index in [1.165, 1.54) is 18.2 Å². The van der Waals surface area contributed by atoms with Gasteiger partial charge in [-0.15, -0.1) is 0 Å². The second-order valence-corrected chi connectivity index (χ2v) is 5.36. The lowest BCUT2D eigenvalue weighted by atomic mass is 9.81. The molecule has 1 atom stereocenters. The first-order valence-electron chi connectivity index (χ1n) is 7.46. The zero-order valence-corrected chi connectivity index (χ0v) is 13.7. The number of rotatable bonds is 5. The van der Waals surface area contributed by atoms with Crippen LogP contribution in [0.15, 0.2) is 46.9 Å². The Kier molecular flexibility index (Phi) is 5.06. The number of nitro benzene ring substituents is 1. The molecule has 1 aliphatic rings. The van der Waals surface area contributed by atoms with Gasteiger partial charge in [0, 0.05) is 17.8 Å². The lowest BCUT2D eigenvalue weighted by Crippen LogP contribution is -2.37. The molecule has 0 saturated heterocycles. The van der Waals surface area contributed by atoms with Gasteiger partial charge in [-0.05, 0) is 19.4 Å². The van der Waals surface area contributed by atoms with Crippen molar-refractivity contribution in [3.8, 4) is 0 Å². The number of dihydropyridines is 1. The van der Waals surface area contributed by atoms with E-state index in [0.29, 0.717) is 11.3 Å². The highest BCUT2D eigenvalue weighted by Crippen LogP contribution is 2.38. The molecule has 1 aliphatic heterocycles. The fourth-order valence-electron chi connectivity index (χ4n) is 2.76. The number of nitrogens with one attached hydrogen (secondary N) is 1. The van der Waals surface area contributed by atoms with Crippen LogP contribution in [0.3, 0.4) is 0 Å². The predicted octanol–water partition coefficient (Wildman–Crippen LogP) is 0.774. The Morgan fingerprint density at radius 2 is 2.04 bits per heavy atom. The number of benzene rings is 1. The molecule has 0 bridgehead atoms. The molecule has 132 valence electrons. The van der Waals surface area contributed by atoms with Crippen LogP contribution in [0.5, 0.6) is 0 Å². The number of non-ortho nitro benzene ring substituents is 1. The molecule has 0 spiro atoms. The number of hydrogen-bond acceptors (Lipinski definition) is 7. The summed E-state index contributed by atoms with van der Waals surface area (Å²) in [4.78, 5) is 34.8. The van der Waals surface area contributed by atoms with Gasteiger partial charge in [-0.25, -0.2) is 4.79 Å². The minimum Gasteiger partial charge on any atom is -0.463 e. The number of ether oxygens (including phenoxy) is 1. The second kappa shape index (κ2) is 7.04. The van der Waals surface area contributed by atoms with Crippen LogP contribution in [0, 0.1) is 10.1 Å². The molecule has 0 aromatic heterocycles. The maximum absolute atomic E-state index is 12.4. The van der Waals surface area contributed by atoms with Crippen molar-refractivity contribution in [2.45, 2.75) is 19.8 Å². The van der Waals surface area contributed by atoms with Gasteiger partial charge in [0.05, 0.1) is 28.6 Å². The van der Waals surface area contributed by atoms with Crippen LogP contribution in [0.4, 0.5) is 5.69 Å². The molecule has 0 aliphatic carbocycles. The number of esters is 1. The average molecular weight is 346 g/mol. The lowest BCUT2D eigenvalue weighted by molar-refractivity contribution is -0.384. The third kappa shape index (κ3) is 3.44. The molecular formula is C16H18N4O5. The standard InChI is InChI=1S/C16H18N4O5/c1-3-25-16(22)11-8(2)19-14(17)13(15(18)21)12(11)9-5-4-6-10(7-9)20(23)24/h4-7,12,19H,3,17H2,1-2H3,(H2,18,21). The Balaban J connectivity index is 2.69. The van der Waals surface area contributed by atoms with Gasteiger partial charge in [-0.3, -0.25) is 14.9 Å². The summed E-state index contributed by atoms with van der Waals surface area (Å²) in [6.45, 7) is 3.37. The summed E-state index contributed by atoms with van der Waals surface area (Å²) in [5.41, 5.74) is 12.0. The normalized spacial score (nSPS) is 17.1. The van der Waals surface area contributed by atoms with Gasteiger partial charge >= 0.3 is 5.97 Å². The van der Waals surface area contributed by atoms with E-state index in [-0.39, 0.29) is 29.3 Å². The molecule has 1 amide bonds. The number of carbonyl (C=O) groups is 2. The molecule has 0 saturated carbocycles. The molecule has 1 heterocycles. The van der Waals surface area contributed by atoms with Crippen LogP contribution in [-0.4, -0.2) is 23.4 Å². The van der Waals surface area contributed by atoms with Crippen molar-refractivity contribution in [1.82, 2.24) is 5.32 Å². The number of nitrogens with two attached hydrogens (primary N) is 2. The summed E-state index contributed by atoms with van der Waals surface area (Å²) in [7, 11) is 0. The highest BCUT2D eigenvalue weighted by Gasteiger charge is 2.37. The van der Waals surface area contributed by atoms with Crippen LogP contribution >= 0.6 is 0 Å². The van der Waals surface area contributed by atoms with Crippen LogP contribution in [0.2, 0.25) is 0 Å². The summed E-state index contributed by atoms with van der Waals surface area (Å²) in [6, 6.07) is 5.61. The number of nitro groups is 1. The maximum Gasteiger partial charge on any atom is 0.336 e. The monoisotopic (exact) mass is 346 g/mol. The molecule has 0 fully saturated rings. The molecule has 25 heavy (non-hydrogen) atoms. The number of hydrogen-bond donors (Lipinski definition) is 3. The summed E-state index contributed by atoms with van der Waals surface area (Å²) in [5.74, 6) is -2.46. The molecular weight excluding hydrogens is 328 g/mol. The Bertz CT molecular complexity index is 812. The van der Waals surface area contributed by atoms with Gasteiger partial charge in [-0.2, -0.15) is 0 Å². The first-order chi connectivity index (χ1) is 11.8. The Morgan fingerprint density at radius 3 is 2.60 bits per heavy atom. The quantitative estimate of drug-likeness (QED) is 0.405. The Labute approximate surface area is 143 Å². The third-order valence-corrected chi connectivity index (χ3v) is 3.77. The van der Waals surface area contributed by atoms with Crippen molar-refractivity contribution in [1.29, 1.82) is 0 Å². The molecule has 5 N–H and O–H groups in total. The minimum atomic E-state index is -0.960. The van der Waals surface area contributed by atoms with E-state index in [4.69, 9.17) is 16.2 Å². The topological polar surface area (TPSA) is 151 Å². The van der Waals surface area contributed by atoms with Crippen LogP contribution < -0.4 is 16.8 Å². The number of carbonyl (C=O) groups excluding carboxylic acids is 2. The number of nitrogens with zero attached hydrogens (tertiary/aromatic N) is 1. The van der Waals surface area contributed by atoms with Crippen molar-refractivity contribution in [3.63, 3.8) is 0 Å². The first-order valence-corrected chi connectivity index (χ1v) is 7.46. The lowest BCUT2D eigenvalue weighted by Gasteiger charge is -2.29. The van der Waals surface area contributed by atoms with Crippen molar-refractivity contribution < 1.29 is 19.2 Å². The number of amides is 1. The molecule has 1 unspecified atom stereocenters. The Morgan fingerprint density at radius 1 is 1.36 bits per heavy atom. The van der Waals surface area contributed by atoms with Gasteiger partial charge in [-0.1, -0.05) is 12.1 Å². The van der Waals surface area contributed by atoms with E-state index < -0.39 is 22.7 Å². The SMILES string of the molecule is CCOC(=O)C1=C(C)NC(N)=C(C(N)=O)C1c1cccc([N+](=O)[O-])c1. The van der Waals surface area contributed by atoms with Crippen molar-refractivity contribution in [3.05, 3.63) is 62.6 Å². The fourth-order valence-corrected chi connectivity index (χ4v) is 2.76. The molecule has 1 aromatic carbocycles. The highest BCUT2D eigenvalue weighted by atomic mass is 16.6. The summed E-state index contributed by atoms with van der Waals surface area (Å²) in [6.07, 6.45) is 0. The van der Waals surface area contributed by atoms with E-state index in [1.54, 1.807) is 19.9 Å². The van der Waals surface area contributed by atoms with Crippen LogP contribution in [0.25, 0.3) is 0 Å². The molecule has 0 radical (unpaired) electrons. The van der Waals surface area contributed by atoms with Crippen molar-refractivity contribution >= 4 is 17.6 Å². The second-order valence-electron chi connectivity index (χ2n) is 5.36. The van der Waals surface area contributed by atoms with Gasteiger partial charge in [0.1, 0.15) is 5.82 Å². The summed E-state index contributed by atoms with van der Waals surface area (Å²) in [5, 5.41) is 13.8. The third-order valence-electron chi connectivity index (χ3n) is 3.77. The Hall–Kier alpha value is -3.36. The molecule has 9 nitrogen and oxygen atoms in total. The maximum atomic E-state index is 12.4. The zero-order valence-electron chi connectivity index (χ0n) is 13.7. The first kappa shape index (κ1) is 18.0. The summed E-state index contributed by atoms with van der Waals surface area (Å²) < 4.78 is 5.06. The van der Waals surface area contributed by atoms with E-state index >= 15 is 0 Å². The number of allylic oxidation sites excluding steroid dienone is 1. The summed E-state index contributed by atoms with van der Waals surface area (Å²) >= 11 is 0. The van der Waals surface area contributed by atoms with E-state index in [1.807, 2.05) is 0 Å². The fraction of sp³-hybridized carbons (Fsp3) is 0.250.